The molecule has 0 amide bonds. The Hall–Kier alpha value is -1.14. The third-order valence-corrected chi connectivity index (χ3v) is 2.98. The van der Waals surface area contributed by atoms with Crippen LogP contribution in [0.2, 0.25) is 0 Å². The average molecular weight is 244 g/mol. The van der Waals surface area contributed by atoms with Crippen molar-refractivity contribution in [1.29, 1.82) is 0 Å². The number of aromatic nitrogens is 1. The summed E-state index contributed by atoms with van der Waals surface area (Å²) in [7, 11) is 1.67. The number of hydrogen-bond donors (Lipinski definition) is 2. The first-order valence-electron chi connectivity index (χ1n) is 5.04. The number of nitrogens with one attached hydrogen (secondary N) is 1. The van der Waals surface area contributed by atoms with E-state index >= 15 is 0 Å². The standard InChI is InChI=1S/C10H16N2O3S/c1-7-8(6-9(13)14)12-10(16-7)11-4-3-5-15-2/h3-6H2,1-2H3,(H,11,12)(H,13,14). The zero-order chi connectivity index (χ0) is 12.0. The number of aryl methyl sites for hydroxylation is 1. The first-order chi connectivity index (χ1) is 7.63. The summed E-state index contributed by atoms with van der Waals surface area (Å²) < 4.78 is 4.93. The lowest BCUT2D eigenvalue weighted by atomic mass is 10.3. The number of methoxy groups -OCH3 is 1. The van der Waals surface area contributed by atoms with Crippen molar-refractivity contribution in [3.63, 3.8) is 0 Å². The fraction of sp³-hybridized carbons (Fsp3) is 0.600. The lowest BCUT2D eigenvalue weighted by molar-refractivity contribution is -0.136. The van der Waals surface area contributed by atoms with Gasteiger partial charge in [0.05, 0.1) is 12.1 Å². The van der Waals surface area contributed by atoms with Gasteiger partial charge in [-0.05, 0) is 13.3 Å². The molecule has 0 unspecified atom stereocenters. The van der Waals surface area contributed by atoms with Gasteiger partial charge >= 0.3 is 5.97 Å². The Balaban J connectivity index is 2.45. The normalized spacial score (nSPS) is 10.4. The van der Waals surface area contributed by atoms with Gasteiger partial charge in [-0.3, -0.25) is 4.79 Å². The Morgan fingerprint density at radius 3 is 3.00 bits per heavy atom. The van der Waals surface area contributed by atoms with E-state index in [2.05, 4.69) is 10.3 Å². The molecule has 6 heteroatoms. The summed E-state index contributed by atoms with van der Waals surface area (Å²) in [4.78, 5) is 15.7. The number of carboxylic acids is 1. The van der Waals surface area contributed by atoms with Crippen LogP contribution >= 0.6 is 11.3 Å². The first-order valence-corrected chi connectivity index (χ1v) is 5.86. The molecule has 2 N–H and O–H groups in total. The van der Waals surface area contributed by atoms with E-state index in [1.807, 2.05) is 6.92 Å². The predicted octanol–water partition coefficient (Wildman–Crippen LogP) is 1.53. The molecule has 0 atom stereocenters. The number of anilines is 1. The molecule has 1 rings (SSSR count). The average Bonchev–Trinajstić information content (AvgIpc) is 2.54. The van der Waals surface area contributed by atoms with Crippen molar-refractivity contribution in [2.45, 2.75) is 19.8 Å². The zero-order valence-corrected chi connectivity index (χ0v) is 10.3. The van der Waals surface area contributed by atoms with Crippen LogP contribution in [0.5, 0.6) is 0 Å². The second-order valence-electron chi connectivity index (χ2n) is 3.37. The van der Waals surface area contributed by atoms with Gasteiger partial charge in [-0.2, -0.15) is 0 Å². The number of ether oxygens (including phenoxy) is 1. The van der Waals surface area contributed by atoms with Crippen LogP contribution in [-0.2, 0) is 16.0 Å². The van der Waals surface area contributed by atoms with Gasteiger partial charge in [-0.15, -0.1) is 11.3 Å². The minimum absolute atomic E-state index is 0.0118. The number of thiazole rings is 1. The maximum absolute atomic E-state index is 10.6. The quantitative estimate of drug-likeness (QED) is 0.712. The van der Waals surface area contributed by atoms with Gasteiger partial charge in [-0.25, -0.2) is 4.98 Å². The Morgan fingerprint density at radius 2 is 2.38 bits per heavy atom. The van der Waals surface area contributed by atoms with Crippen LogP contribution in [0.25, 0.3) is 0 Å². The number of hydrogen-bond acceptors (Lipinski definition) is 5. The molecule has 0 aromatic carbocycles. The van der Waals surface area contributed by atoms with Crippen LogP contribution in [0, 0.1) is 6.92 Å². The first kappa shape index (κ1) is 12.9. The van der Waals surface area contributed by atoms with E-state index in [1.54, 1.807) is 7.11 Å². The van der Waals surface area contributed by atoms with Crippen molar-refractivity contribution in [3.05, 3.63) is 10.6 Å². The molecule has 1 aromatic heterocycles. The van der Waals surface area contributed by atoms with Crippen molar-refractivity contribution in [2.75, 3.05) is 25.6 Å². The maximum atomic E-state index is 10.6. The number of rotatable bonds is 7. The molecule has 0 saturated heterocycles. The number of nitrogens with zero attached hydrogens (tertiary/aromatic N) is 1. The van der Waals surface area contributed by atoms with Gasteiger partial charge in [-0.1, -0.05) is 0 Å². The summed E-state index contributed by atoms with van der Waals surface area (Å²) in [5.74, 6) is -0.848. The molecule has 1 heterocycles. The SMILES string of the molecule is COCCCNc1nc(CC(=O)O)c(C)s1. The Bertz CT molecular complexity index is 352. The van der Waals surface area contributed by atoms with E-state index in [4.69, 9.17) is 9.84 Å². The van der Waals surface area contributed by atoms with Crippen LogP contribution < -0.4 is 5.32 Å². The molecule has 90 valence electrons. The van der Waals surface area contributed by atoms with Gasteiger partial charge in [0.25, 0.3) is 0 Å². The van der Waals surface area contributed by atoms with E-state index in [1.165, 1.54) is 11.3 Å². The van der Waals surface area contributed by atoms with E-state index in [0.717, 1.165) is 23.0 Å². The van der Waals surface area contributed by atoms with E-state index in [0.29, 0.717) is 12.3 Å². The van der Waals surface area contributed by atoms with Gasteiger partial charge in [0.15, 0.2) is 5.13 Å². The van der Waals surface area contributed by atoms with E-state index < -0.39 is 5.97 Å². The van der Waals surface area contributed by atoms with Crippen LogP contribution in [0.4, 0.5) is 5.13 Å². The predicted molar refractivity (Wildman–Crippen MR) is 63.2 cm³/mol. The fourth-order valence-corrected chi connectivity index (χ4v) is 2.08. The van der Waals surface area contributed by atoms with Crippen molar-refractivity contribution in [2.24, 2.45) is 0 Å². The van der Waals surface area contributed by atoms with Crippen molar-refractivity contribution in [3.8, 4) is 0 Å². The number of carboxylic acid groups (broad SMARTS) is 1. The van der Waals surface area contributed by atoms with Gasteiger partial charge in [0.2, 0.25) is 0 Å². The molecule has 0 aliphatic heterocycles. The largest absolute Gasteiger partial charge is 0.481 e. The topological polar surface area (TPSA) is 71.5 Å². The molecule has 16 heavy (non-hydrogen) atoms. The van der Waals surface area contributed by atoms with Crippen molar-refractivity contribution in [1.82, 2.24) is 4.98 Å². The fourth-order valence-electron chi connectivity index (χ4n) is 1.22. The molecule has 0 fully saturated rings. The molecule has 0 saturated carbocycles. The molecular formula is C10H16N2O3S. The molecule has 5 nitrogen and oxygen atoms in total. The summed E-state index contributed by atoms with van der Waals surface area (Å²) in [6.45, 7) is 3.38. The number of aliphatic carboxylic acids is 1. The number of carbonyl (C=O) groups is 1. The van der Waals surface area contributed by atoms with Gasteiger partial charge < -0.3 is 15.2 Å². The van der Waals surface area contributed by atoms with E-state index in [9.17, 15) is 4.79 Å². The Labute approximate surface area is 98.5 Å². The Kier molecular flexibility index (Phi) is 5.21. The summed E-state index contributed by atoms with van der Waals surface area (Å²) in [5.41, 5.74) is 0.645. The molecule has 1 aromatic rings. The molecule has 0 aliphatic rings. The monoisotopic (exact) mass is 244 g/mol. The summed E-state index contributed by atoms with van der Waals surface area (Å²) in [6, 6.07) is 0. The third kappa shape index (κ3) is 4.16. The van der Waals surface area contributed by atoms with Gasteiger partial charge in [0.1, 0.15) is 0 Å². The maximum Gasteiger partial charge on any atom is 0.309 e. The molecule has 0 aliphatic carbocycles. The highest BCUT2D eigenvalue weighted by Gasteiger charge is 2.10. The minimum atomic E-state index is -0.848. The summed E-state index contributed by atoms with van der Waals surface area (Å²) in [6.07, 6.45) is 0.894. The second-order valence-corrected chi connectivity index (χ2v) is 4.57. The van der Waals surface area contributed by atoms with Crippen LogP contribution in [0.15, 0.2) is 0 Å². The highest BCUT2D eigenvalue weighted by molar-refractivity contribution is 7.15. The molecule has 0 spiro atoms. The highest BCUT2D eigenvalue weighted by Crippen LogP contribution is 2.22. The van der Waals surface area contributed by atoms with Crippen LogP contribution in [-0.4, -0.2) is 36.3 Å². The lowest BCUT2D eigenvalue weighted by Gasteiger charge is -2.00. The van der Waals surface area contributed by atoms with Crippen molar-refractivity contribution >= 4 is 22.4 Å². The smallest absolute Gasteiger partial charge is 0.309 e. The van der Waals surface area contributed by atoms with Crippen molar-refractivity contribution < 1.29 is 14.6 Å². The van der Waals surface area contributed by atoms with Gasteiger partial charge in [0, 0.05) is 25.1 Å². The molecule has 0 radical (unpaired) electrons. The third-order valence-electron chi connectivity index (χ3n) is 2.01. The Morgan fingerprint density at radius 1 is 1.62 bits per heavy atom. The minimum Gasteiger partial charge on any atom is -0.481 e. The highest BCUT2D eigenvalue weighted by atomic mass is 32.1. The second kappa shape index (κ2) is 6.44. The summed E-state index contributed by atoms with van der Waals surface area (Å²) in [5, 5.41) is 12.6. The van der Waals surface area contributed by atoms with Crippen LogP contribution in [0.1, 0.15) is 17.0 Å². The molecule has 0 bridgehead atoms. The van der Waals surface area contributed by atoms with E-state index in [-0.39, 0.29) is 6.42 Å². The molecular weight excluding hydrogens is 228 g/mol. The van der Waals surface area contributed by atoms with Crippen LogP contribution in [0.3, 0.4) is 0 Å². The zero-order valence-electron chi connectivity index (χ0n) is 9.45. The lowest BCUT2D eigenvalue weighted by Crippen LogP contribution is -2.05. The summed E-state index contributed by atoms with van der Waals surface area (Å²) >= 11 is 1.49.